The first-order chi connectivity index (χ1) is 15.0. The Kier molecular flexibility index (Phi) is 8.44. The maximum atomic E-state index is 12.9. The maximum Gasteiger partial charge on any atom is 0.251 e. The van der Waals surface area contributed by atoms with Gasteiger partial charge in [0, 0.05) is 30.6 Å². The summed E-state index contributed by atoms with van der Waals surface area (Å²) < 4.78 is 37.9. The van der Waals surface area contributed by atoms with Crippen molar-refractivity contribution in [2.24, 2.45) is 0 Å². The number of sulfonamides is 1. The second-order valence-corrected chi connectivity index (χ2v) is 9.96. The first-order valence-corrected chi connectivity index (χ1v) is 12.5. The maximum absolute atomic E-state index is 12.9. The van der Waals surface area contributed by atoms with Crippen LogP contribution in [0.2, 0.25) is 0 Å². The molecule has 8 nitrogen and oxygen atoms in total. The summed E-state index contributed by atoms with van der Waals surface area (Å²) in [6.45, 7) is 2.84. The van der Waals surface area contributed by atoms with E-state index in [1.807, 2.05) is 11.4 Å². The van der Waals surface area contributed by atoms with E-state index in [2.05, 4.69) is 21.0 Å². The largest absolute Gasteiger partial charge is 0.495 e. The second kappa shape index (κ2) is 11.1. The molecular formula is C21H29N3O5S2. The van der Waals surface area contributed by atoms with E-state index >= 15 is 0 Å². The van der Waals surface area contributed by atoms with Crippen molar-refractivity contribution >= 4 is 27.3 Å². The smallest absolute Gasteiger partial charge is 0.251 e. The molecule has 1 fully saturated rings. The minimum Gasteiger partial charge on any atom is -0.495 e. The number of amides is 1. The third-order valence-corrected chi connectivity index (χ3v) is 7.68. The monoisotopic (exact) mass is 467 g/mol. The first kappa shape index (κ1) is 23.7. The Morgan fingerprint density at radius 1 is 1.23 bits per heavy atom. The highest BCUT2D eigenvalue weighted by molar-refractivity contribution is 7.89. The summed E-state index contributed by atoms with van der Waals surface area (Å²) in [4.78, 5) is 16.4. The number of rotatable bonds is 11. The Morgan fingerprint density at radius 3 is 2.65 bits per heavy atom. The molecule has 2 heterocycles. The second-order valence-electron chi connectivity index (χ2n) is 7.24. The van der Waals surface area contributed by atoms with Crippen LogP contribution in [0.25, 0.3) is 0 Å². The normalized spacial score (nSPS) is 15.7. The predicted molar refractivity (Wildman–Crippen MR) is 120 cm³/mol. The van der Waals surface area contributed by atoms with Crippen LogP contribution in [-0.2, 0) is 14.8 Å². The lowest BCUT2D eigenvalue weighted by Gasteiger charge is -2.27. The summed E-state index contributed by atoms with van der Waals surface area (Å²) in [5, 5.41) is 5.02. The van der Waals surface area contributed by atoms with Gasteiger partial charge in [0.15, 0.2) is 0 Å². The molecular weight excluding hydrogens is 438 g/mol. The van der Waals surface area contributed by atoms with E-state index in [1.165, 1.54) is 31.2 Å². The van der Waals surface area contributed by atoms with Crippen LogP contribution in [0.4, 0.5) is 0 Å². The average molecular weight is 468 g/mol. The van der Waals surface area contributed by atoms with Crippen LogP contribution in [-0.4, -0.2) is 66.2 Å². The molecule has 1 aromatic carbocycles. The number of thiophene rings is 1. The molecule has 1 aliphatic rings. The number of hydrogen-bond donors (Lipinski definition) is 2. The third kappa shape index (κ3) is 6.05. The van der Waals surface area contributed by atoms with Crippen LogP contribution >= 0.6 is 11.3 Å². The van der Waals surface area contributed by atoms with E-state index in [1.54, 1.807) is 17.4 Å². The van der Waals surface area contributed by atoms with Crippen LogP contribution in [0.1, 0.15) is 34.1 Å². The quantitative estimate of drug-likeness (QED) is 0.492. The number of methoxy groups -OCH3 is 2. The lowest BCUT2D eigenvalue weighted by molar-refractivity contribution is 0.0938. The fourth-order valence-corrected chi connectivity index (χ4v) is 5.69. The highest BCUT2D eigenvalue weighted by Crippen LogP contribution is 2.28. The summed E-state index contributed by atoms with van der Waals surface area (Å²) in [7, 11) is -0.967. The van der Waals surface area contributed by atoms with Crippen LogP contribution in [0.5, 0.6) is 5.75 Å². The average Bonchev–Trinajstić information content (AvgIpc) is 3.48. The number of nitrogens with zero attached hydrogens (tertiary/aromatic N) is 1. The lowest BCUT2D eigenvalue weighted by Crippen LogP contribution is -2.36. The Balaban J connectivity index is 1.75. The number of hydrogen-bond acceptors (Lipinski definition) is 7. The molecule has 0 spiro atoms. The molecule has 2 aromatic rings. The molecule has 0 aliphatic carbocycles. The molecule has 1 aromatic heterocycles. The van der Waals surface area contributed by atoms with Gasteiger partial charge in [-0.1, -0.05) is 6.07 Å². The van der Waals surface area contributed by atoms with Crippen molar-refractivity contribution in [3.05, 3.63) is 46.2 Å². The SMILES string of the molecule is COCCNS(=O)(=O)c1cc(C(=O)NC[C@H](c2cccs2)N2CCCC2)ccc1OC. The summed E-state index contributed by atoms with van der Waals surface area (Å²) in [5.74, 6) is -0.147. The molecule has 170 valence electrons. The van der Waals surface area contributed by atoms with E-state index < -0.39 is 10.0 Å². The standard InChI is InChI=1S/C21H29N3O5S2/c1-28-12-9-23-31(26,27)20-14-16(7-8-18(20)29-2)21(25)22-15-17(19-6-5-13-30-19)24-10-3-4-11-24/h5-8,13-14,17,23H,3-4,9-12,15H2,1-2H3,(H,22,25)/t17-/m1/s1. The van der Waals surface area contributed by atoms with Crippen molar-refractivity contribution < 1.29 is 22.7 Å². The summed E-state index contributed by atoms with van der Waals surface area (Å²) >= 11 is 1.68. The molecule has 1 amide bonds. The number of carbonyl (C=O) groups is 1. The zero-order valence-corrected chi connectivity index (χ0v) is 19.4. The van der Waals surface area contributed by atoms with Crippen LogP contribution < -0.4 is 14.8 Å². The number of likely N-dealkylation sites (tertiary alicyclic amines) is 1. The topological polar surface area (TPSA) is 97.0 Å². The van der Waals surface area contributed by atoms with Crippen molar-refractivity contribution in [1.29, 1.82) is 0 Å². The van der Waals surface area contributed by atoms with Gasteiger partial charge in [0.25, 0.3) is 5.91 Å². The Labute approximate surface area is 187 Å². The van der Waals surface area contributed by atoms with E-state index in [0.717, 1.165) is 25.9 Å². The van der Waals surface area contributed by atoms with Gasteiger partial charge in [-0.05, 0) is 55.6 Å². The van der Waals surface area contributed by atoms with Gasteiger partial charge in [0.1, 0.15) is 10.6 Å². The highest BCUT2D eigenvalue weighted by atomic mass is 32.2. The van der Waals surface area contributed by atoms with Gasteiger partial charge in [0.05, 0.1) is 19.8 Å². The molecule has 31 heavy (non-hydrogen) atoms. The van der Waals surface area contributed by atoms with Crippen molar-refractivity contribution in [2.75, 3.05) is 47.0 Å². The van der Waals surface area contributed by atoms with Gasteiger partial charge in [0.2, 0.25) is 10.0 Å². The van der Waals surface area contributed by atoms with Gasteiger partial charge in [-0.2, -0.15) is 0 Å². The van der Waals surface area contributed by atoms with Crippen molar-refractivity contribution in [3.63, 3.8) is 0 Å². The molecule has 2 N–H and O–H groups in total. The van der Waals surface area contributed by atoms with Gasteiger partial charge in [-0.3, -0.25) is 9.69 Å². The third-order valence-electron chi connectivity index (χ3n) is 5.22. The molecule has 10 heteroatoms. The Bertz CT molecular complexity index is 957. The highest BCUT2D eigenvalue weighted by Gasteiger charge is 2.26. The minimum atomic E-state index is -3.85. The first-order valence-electron chi connectivity index (χ1n) is 10.2. The summed E-state index contributed by atoms with van der Waals surface area (Å²) in [6.07, 6.45) is 2.32. The Hall–Kier alpha value is -1.98. The summed E-state index contributed by atoms with van der Waals surface area (Å²) in [5.41, 5.74) is 0.263. The molecule has 1 saturated heterocycles. The zero-order valence-electron chi connectivity index (χ0n) is 17.8. The van der Waals surface area contributed by atoms with E-state index in [-0.39, 0.29) is 41.3 Å². The van der Waals surface area contributed by atoms with E-state index in [0.29, 0.717) is 6.54 Å². The van der Waals surface area contributed by atoms with Gasteiger partial charge >= 0.3 is 0 Å². The van der Waals surface area contributed by atoms with Crippen LogP contribution in [0, 0.1) is 0 Å². The van der Waals surface area contributed by atoms with E-state index in [9.17, 15) is 13.2 Å². The van der Waals surface area contributed by atoms with Gasteiger partial charge < -0.3 is 14.8 Å². The molecule has 0 saturated carbocycles. The molecule has 0 bridgehead atoms. The molecule has 0 radical (unpaired) electrons. The molecule has 1 aliphatic heterocycles. The zero-order chi connectivity index (χ0) is 22.3. The van der Waals surface area contributed by atoms with Gasteiger partial charge in [-0.25, -0.2) is 13.1 Å². The number of ether oxygens (including phenoxy) is 2. The van der Waals surface area contributed by atoms with Crippen molar-refractivity contribution in [2.45, 2.75) is 23.8 Å². The fourth-order valence-electron chi connectivity index (χ4n) is 3.62. The Morgan fingerprint density at radius 2 is 2.00 bits per heavy atom. The summed E-state index contributed by atoms with van der Waals surface area (Å²) in [6, 6.07) is 8.63. The van der Waals surface area contributed by atoms with E-state index in [4.69, 9.17) is 9.47 Å². The molecule has 3 rings (SSSR count). The van der Waals surface area contributed by atoms with Gasteiger partial charge in [-0.15, -0.1) is 11.3 Å². The lowest BCUT2D eigenvalue weighted by atomic mass is 10.1. The van der Waals surface area contributed by atoms with Crippen molar-refractivity contribution in [3.8, 4) is 5.75 Å². The predicted octanol–water partition coefficient (Wildman–Crippen LogP) is 2.25. The van der Waals surface area contributed by atoms with Crippen LogP contribution in [0.3, 0.4) is 0 Å². The number of carbonyl (C=O) groups excluding carboxylic acids is 1. The number of nitrogens with one attached hydrogen (secondary N) is 2. The minimum absolute atomic E-state index is 0.0758. The fraction of sp³-hybridized carbons (Fsp3) is 0.476. The number of benzene rings is 1. The molecule has 0 unspecified atom stereocenters. The molecule has 1 atom stereocenters. The van der Waals surface area contributed by atoms with Crippen LogP contribution in [0.15, 0.2) is 40.6 Å². The van der Waals surface area contributed by atoms with Crippen molar-refractivity contribution in [1.82, 2.24) is 14.9 Å².